The molecular formula is C7H12O2S. The van der Waals surface area contributed by atoms with E-state index in [1.54, 1.807) is 11.8 Å². The molecule has 0 aromatic heterocycles. The Balaban J connectivity index is 2.30. The van der Waals surface area contributed by atoms with E-state index in [0.29, 0.717) is 0 Å². The van der Waals surface area contributed by atoms with Crippen molar-refractivity contribution in [3.8, 4) is 0 Å². The molecule has 58 valence electrons. The predicted octanol–water partition coefficient (Wildman–Crippen LogP) is 0.640. The Morgan fingerprint density at radius 3 is 3.30 bits per heavy atom. The molecule has 0 spiro atoms. The lowest BCUT2D eigenvalue weighted by atomic mass is 9.97. The van der Waals surface area contributed by atoms with E-state index in [0.717, 1.165) is 0 Å². The second kappa shape index (κ2) is 1.90. The smallest absolute Gasteiger partial charge is 0.104 e. The van der Waals surface area contributed by atoms with Gasteiger partial charge < -0.3 is 9.84 Å². The van der Waals surface area contributed by atoms with Gasteiger partial charge in [-0.15, -0.1) is 11.8 Å². The number of thioether (sulfide) groups is 1. The molecule has 0 amide bonds. The van der Waals surface area contributed by atoms with Gasteiger partial charge >= 0.3 is 0 Å². The van der Waals surface area contributed by atoms with Crippen LogP contribution >= 0.6 is 11.8 Å². The number of ether oxygens (including phenoxy) is 1. The summed E-state index contributed by atoms with van der Waals surface area (Å²) >= 11 is 1.57. The van der Waals surface area contributed by atoms with Gasteiger partial charge in [0, 0.05) is 6.62 Å². The Bertz CT molecular complexity index is 204. The molecule has 1 N–H and O–H groups in total. The van der Waals surface area contributed by atoms with E-state index in [1.165, 1.54) is 0 Å². The lowest BCUT2D eigenvalue weighted by molar-refractivity contribution is -0.0384. The summed E-state index contributed by atoms with van der Waals surface area (Å²) in [4.78, 5) is 0. The maximum Gasteiger partial charge on any atom is 0.104 e. The Morgan fingerprint density at radius 2 is 2.90 bits per heavy atom. The highest BCUT2D eigenvalue weighted by atomic mass is 32.2. The first-order valence-corrected chi connectivity index (χ1v) is 4.29. The summed E-state index contributed by atoms with van der Waals surface area (Å²) in [6.45, 7) is 1.36. The van der Waals surface area contributed by atoms with Crippen molar-refractivity contribution in [2.45, 2.75) is 36.0 Å². The minimum absolute atomic E-state index is 0.0498. The van der Waals surface area contributed by atoms with Crippen molar-refractivity contribution in [1.29, 1.82) is 0 Å². The normalized spacial score (nSPS) is 69.8. The monoisotopic (exact) mass is 163 g/mol. The molecule has 0 saturated carbocycles. The van der Waals surface area contributed by atoms with Gasteiger partial charge in [0.1, 0.15) is 5.60 Å². The van der Waals surface area contributed by atoms with Gasteiger partial charge in [0.2, 0.25) is 0 Å². The molecule has 0 aromatic carbocycles. The van der Waals surface area contributed by atoms with Crippen LogP contribution in [0.4, 0.5) is 0 Å². The summed E-state index contributed by atoms with van der Waals surface area (Å²) in [5.74, 6) is 0. The zero-order valence-corrected chi connectivity index (χ0v) is 6.60. The highest BCUT2D eigenvalue weighted by Crippen LogP contribution is 2.48. The molecular weight excluding hydrogens is 148 g/mol. The van der Waals surface area contributed by atoms with Gasteiger partial charge in [0.25, 0.3) is 0 Å². The van der Waals surface area contributed by atoms with Crippen molar-refractivity contribution >= 4 is 11.8 Å². The van der Waals surface area contributed by atoms with Crippen LogP contribution in [0.25, 0.3) is 0 Å². The standard InChI is InChI=1S/C7H12O2S/c1-4-7(2)6(8)5(10-4)3-9-7/h4-6,8H,3H2,1-2H3/t4-,5+,6+,7+/m1/s1/i2D,3T/t3-,4-,5+,6+,7+. The van der Waals surface area contributed by atoms with E-state index >= 15 is 0 Å². The lowest BCUT2D eigenvalue weighted by Crippen LogP contribution is -2.40. The fraction of sp³-hybridized carbons (Fsp3) is 1.00. The van der Waals surface area contributed by atoms with E-state index in [-0.39, 0.29) is 17.4 Å². The summed E-state index contributed by atoms with van der Waals surface area (Å²) in [5, 5.41) is 9.72. The van der Waals surface area contributed by atoms with Gasteiger partial charge in [0.05, 0.1) is 19.3 Å². The van der Waals surface area contributed by atoms with Gasteiger partial charge in [0.15, 0.2) is 0 Å². The zero-order valence-electron chi connectivity index (χ0n) is 7.78. The van der Waals surface area contributed by atoms with E-state index in [2.05, 4.69) is 0 Å². The average Bonchev–Trinajstić information content (AvgIpc) is 2.41. The molecule has 0 aromatic rings. The number of hydrogen-bond acceptors (Lipinski definition) is 3. The van der Waals surface area contributed by atoms with E-state index in [9.17, 15) is 5.11 Å². The topological polar surface area (TPSA) is 29.5 Å². The van der Waals surface area contributed by atoms with Crippen LogP contribution in [0.1, 0.15) is 16.6 Å². The van der Waals surface area contributed by atoms with Crippen LogP contribution in [0.5, 0.6) is 0 Å². The molecule has 2 nitrogen and oxygen atoms in total. The van der Waals surface area contributed by atoms with Crippen LogP contribution in [-0.2, 0) is 4.74 Å². The molecule has 10 heavy (non-hydrogen) atoms. The molecule has 3 heteroatoms. The quantitative estimate of drug-likeness (QED) is 0.568. The summed E-state index contributed by atoms with van der Waals surface area (Å²) in [6.07, 6.45) is -0.627. The molecule has 5 atom stereocenters. The first-order valence-electron chi connectivity index (χ1n) is 4.63. The summed E-state index contributed by atoms with van der Waals surface area (Å²) in [5.41, 5.74) is -0.762. The van der Waals surface area contributed by atoms with E-state index in [1.807, 2.05) is 6.92 Å². The first-order chi connectivity index (χ1) is 5.62. The fourth-order valence-electron chi connectivity index (χ4n) is 1.41. The van der Waals surface area contributed by atoms with Crippen LogP contribution in [0.3, 0.4) is 0 Å². The second-order valence-electron chi connectivity index (χ2n) is 2.90. The number of fused-ring (bicyclic) bond motifs is 2. The number of rotatable bonds is 0. The summed E-state index contributed by atoms with van der Waals surface area (Å²) in [6, 6.07) is 0. The molecule has 2 rings (SSSR count). The van der Waals surface area contributed by atoms with Gasteiger partial charge in [-0.2, -0.15) is 0 Å². The van der Waals surface area contributed by atoms with Crippen LogP contribution in [-0.4, -0.2) is 33.9 Å². The summed E-state index contributed by atoms with van der Waals surface area (Å²) in [7, 11) is 0. The Hall–Kier alpha value is 0.270. The molecule has 0 unspecified atom stereocenters. The van der Waals surface area contributed by atoms with E-state index < -0.39 is 18.3 Å². The minimum atomic E-state index is -0.762. The van der Waals surface area contributed by atoms with Crippen molar-refractivity contribution in [2.75, 3.05) is 6.58 Å². The lowest BCUT2D eigenvalue weighted by Gasteiger charge is -2.28. The maximum atomic E-state index is 9.73. The van der Waals surface area contributed by atoms with Gasteiger partial charge in [-0.05, 0) is 6.90 Å². The molecule has 0 radical (unpaired) electrons. The van der Waals surface area contributed by atoms with E-state index in [4.69, 9.17) is 7.48 Å². The molecule has 2 aliphatic heterocycles. The second-order valence-corrected chi connectivity index (χ2v) is 4.42. The van der Waals surface area contributed by atoms with Gasteiger partial charge in [-0.3, -0.25) is 0 Å². The number of hydrogen-bond donors (Lipinski definition) is 1. The fourth-order valence-corrected chi connectivity index (χ4v) is 2.81. The molecule has 2 fully saturated rings. The largest absolute Gasteiger partial charge is 0.389 e. The van der Waals surface area contributed by atoms with Gasteiger partial charge in [-0.1, -0.05) is 6.92 Å². The van der Waals surface area contributed by atoms with Crippen LogP contribution < -0.4 is 0 Å². The van der Waals surface area contributed by atoms with Crippen molar-refractivity contribution in [3.63, 3.8) is 0 Å². The Kier molecular flexibility index (Phi) is 0.952. The van der Waals surface area contributed by atoms with Crippen molar-refractivity contribution in [2.24, 2.45) is 0 Å². The third-order valence-corrected chi connectivity index (χ3v) is 3.77. The number of aliphatic hydroxyl groups is 1. The zero-order chi connectivity index (χ0) is 8.93. The molecule has 0 aliphatic carbocycles. The van der Waals surface area contributed by atoms with Gasteiger partial charge in [-0.25, -0.2) is 0 Å². The molecule has 2 aliphatic rings. The molecule has 2 bridgehead atoms. The van der Waals surface area contributed by atoms with Crippen molar-refractivity contribution < 1.29 is 12.6 Å². The highest BCUT2D eigenvalue weighted by Gasteiger charge is 2.56. The summed E-state index contributed by atoms with van der Waals surface area (Å²) < 4.78 is 20.2. The number of aliphatic hydroxyl groups excluding tert-OH is 1. The predicted molar refractivity (Wildman–Crippen MR) is 41.2 cm³/mol. The third kappa shape index (κ3) is 0.633. The third-order valence-electron chi connectivity index (χ3n) is 2.28. The van der Waals surface area contributed by atoms with Crippen LogP contribution in [0.15, 0.2) is 0 Å². The SMILES string of the molecule is [2H]C[C@]12O[C@H]([3H])[C@H](S[C@@H]1C)[C@@H]2O. The minimum Gasteiger partial charge on any atom is -0.389 e. The molecule has 2 heterocycles. The van der Waals surface area contributed by atoms with Crippen molar-refractivity contribution in [1.82, 2.24) is 0 Å². The first kappa shape index (κ1) is 5.01. The van der Waals surface area contributed by atoms with Crippen LogP contribution in [0.2, 0.25) is 0 Å². The Morgan fingerprint density at radius 1 is 2.10 bits per heavy atom. The average molecular weight is 163 g/mol. The Labute approximate surface area is 67.8 Å². The van der Waals surface area contributed by atoms with Crippen molar-refractivity contribution in [3.05, 3.63) is 0 Å². The van der Waals surface area contributed by atoms with Crippen LogP contribution in [0, 0.1) is 0 Å². The molecule has 2 saturated heterocycles. The maximum absolute atomic E-state index is 9.73. The highest BCUT2D eigenvalue weighted by molar-refractivity contribution is 8.01.